The van der Waals surface area contributed by atoms with E-state index in [1.54, 1.807) is 42.2 Å². The molecule has 0 radical (unpaired) electrons. The molecule has 0 bridgehead atoms. The molecule has 1 aliphatic heterocycles. The third-order valence-electron chi connectivity index (χ3n) is 2.88. The molecule has 21 heavy (non-hydrogen) atoms. The molecule has 1 aromatic carbocycles. The standard InChI is InChI=1S/C13H15Cl2N3O2S/c1-17(2)16-12(19)6-11-13(20)18(7-21-11)8-3-4-9(14)10(15)5-8/h3-5,11H,6-7H2,1-2H3,(H,16,19). The third-order valence-corrected chi connectivity index (χ3v) is 4.80. The van der Waals surface area contributed by atoms with Crippen molar-refractivity contribution in [2.45, 2.75) is 11.7 Å². The zero-order valence-corrected chi connectivity index (χ0v) is 13.9. The van der Waals surface area contributed by atoms with Gasteiger partial charge in [-0.3, -0.25) is 15.0 Å². The van der Waals surface area contributed by atoms with Gasteiger partial charge in [-0.05, 0) is 18.2 Å². The molecule has 0 spiro atoms. The lowest BCUT2D eigenvalue weighted by Crippen LogP contribution is -2.39. The zero-order valence-electron chi connectivity index (χ0n) is 11.6. The van der Waals surface area contributed by atoms with Crippen molar-refractivity contribution in [3.8, 4) is 0 Å². The summed E-state index contributed by atoms with van der Waals surface area (Å²) in [6, 6.07) is 5.06. The Balaban J connectivity index is 2.04. The van der Waals surface area contributed by atoms with Crippen LogP contribution >= 0.6 is 35.0 Å². The highest BCUT2D eigenvalue weighted by molar-refractivity contribution is 8.01. The summed E-state index contributed by atoms with van der Waals surface area (Å²) in [4.78, 5) is 25.7. The van der Waals surface area contributed by atoms with Gasteiger partial charge in [-0.15, -0.1) is 11.8 Å². The Labute approximate surface area is 137 Å². The Morgan fingerprint density at radius 2 is 2.14 bits per heavy atom. The first kappa shape index (κ1) is 16.4. The summed E-state index contributed by atoms with van der Waals surface area (Å²) in [6.45, 7) is 0. The average Bonchev–Trinajstić information content (AvgIpc) is 2.74. The van der Waals surface area contributed by atoms with Crippen molar-refractivity contribution in [1.82, 2.24) is 10.4 Å². The Hall–Kier alpha value is -0.950. The van der Waals surface area contributed by atoms with Crippen molar-refractivity contribution in [3.05, 3.63) is 28.2 Å². The molecule has 1 unspecified atom stereocenters. The number of hydrazine groups is 1. The summed E-state index contributed by atoms with van der Waals surface area (Å²) in [5.41, 5.74) is 3.33. The van der Waals surface area contributed by atoms with E-state index < -0.39 is 0 Å². The summed E-state index contributed by atoms with van der Waals surface area (Å²) in [5.74, 6) is 0.227. The summed E-state index contributed by atoms with van der Waals surface area (Å²) in [5, 5.41) is 2.03. The normalized spacial score (nSPS) is 18.4. The Kier molecular flexibility index (Phi) is 5.37. The van der Waals surface area contributed by atoms with E-state index in [0.29, 0.717) is 21.6 Å². The topological polar surface area (TPSA) is 52.7 Å². The molecule has 114 valence electrons. The highest BCUT2D eigenvalue weighted by Gasteiger charge is 2.34. The smallest absolute Gasteiger partial charge is 0.241 e. The Bertz CT molecular complexity index is 568. The maximum Gasteiger partial charge on any atom is 0.241 e. The van der Waals surface area contributed by atoms with Crippen molar-refractivity contribution in [2.75, 3.05) is 24.9 Å². The third kappa shape index (κ3) is 4.03. The lowest BCUT2D eigenvalue weighted by molar-refractivity contribution is -0.127. The molecule has 1 saturated heterocycles. The van der Waals surface area contributed by atoms with Crippen LogP contribution in [-0.2, 0) is 9.59 Å². The number of carbonyl (C=O) groups is 2. The van der Waals surface area contributed by atoms with Crippen molar-refractivity contribution >= 4 is 52.5 Å². The summed E-state index contributed by atoms with van der Waals surface area (Å²) >= 11 is 13.3. The molecule has 1 aromatic rings. The number of nitrogens with zero attached hydrogens (tertiary/aromatic N) is 2. The van der Waals surface area contributed by atoms with Crippen LogP contribution in [0.5, 0.6) is 0 Å². The molecule has 1 N–H and O–H groups in total. The molecule has 0 saturated carbocycles. The van der Waals surface area contributed by atoms with Crippen molar-refractivity contribution in [2.24, 2.45) is 0 Å². The summed E-state index contributed by atoms with van der Waals surface area (Å²) in [6.07, 6.45) is 0.152. The second-order valence-corrected chi connectivity index (χ2v) is 6.76. The minimum absolute atomic E-state index is 0.0905. The number of anilines is 1. The van der Waals surface area contributed by atoms with Crippen LogP contribution in [0, 0.1) is 0 Å². The van der Waals surface area contributed by atoms with Crippen molar-refractivity contribution in [3.63, 3.8) is 0 Å². The van der Waals surface area contributed by atoms with Crippen LogP contribution in [0.25, 0.3) is 0 Å². The number of carbonyl (C=O) groups excluding carboxylic acids is 2. The highest BCUT2D eigenvalue weighted by atomic mass is 35.5. The highest BCUT2D eigenvalue weighted by Crippen LogP contribution is 2.34. The van der Waals surface area contributed by atoms with E-state index in [-0.39, 0.29) is 23.5 Å². The van der Waals surface area contributed by atoms with Gasteiger partial charge in [0.05, 0.1) is 21.2 Å². The Morgan fingerprint density at radius 1 is 1.43 bits per heavy atom. The second kappa shape index (κ2) is 6.87. The molecule has 5 nitrogen and oxygen atoms in total. The first-order valence-electron chi connectivity index (χ1n) is 6.23. The predicted octanol–water partition coefficient (Wildman–Crippen LogP) is 2.38. The molecular formula is C13H15Cl2N3O2S. The van der Waals surface area contributed by atoms with Gasteiger partial charge in [-0.25, -0.2) is 5.01 Å². The quantitative estimate of drug-likeness (QED) is 0.849. The number of amides is 2. The van der Waals surface area contributed by atoms with Crippen LogP contribution < -0.4 is 10.3 Å². The Morgan fingerprint density at radius 3 is 2.76 bits per heavy atom. The van der Waals surface area contributed by atoms with E-state index >= 15 is 0 Å². The fourth-order valence-electron chi connectivity index (χ4n) is 1.94. The number of rotatable bonds is 4. The minimum Gasteiger partial charge on any atom is -0.302 e. The first-order chi connectivity index (χ1) is 9.88. The molecule has 1 atom stereocenters. The summed E-state index contributed by atoms with van der Waals surface area (Å²) < 4.78 is 0. The number of benzene rings is 1. The van der Waals surface area contributed by atoms with Crippen molar-refractivity contribution < 1.29 is 9.59 Å². The number of nitrogens with one attached hydrogen (secondary N) is 1. The van der Waals surface area contributed by atoms with Gasteiger partial charge < -0.3 is 4.90 Å². The van der Waals surface area contributed by atoms with Gasteiger partial charge in [0, 0.05) is 26.2 Å². The van der Waals surface area contributed by atoms with E-state index in [4.69, 9.17) is 23.2 Å². The average molecular weight is 348 g/mol. The van der Waals surface area contributed by atoms with E-state index in [1.165, 1.54) is 11.8 Å². The zero-order chi connectivity index (χ0) is 15.6. The SMILES string of the molecule is CN(C)NC(=O)CC1SCN(c2ccc(Cl)c(Cl)c2)C1=O. The number of hydrogen-bond acceptors (Lipinski definition) is 4. The van der Waals surface area contributed by atoms with Crippen LogP contribution in [0.2, 0.25) is 10.0 Å². The van der Waals surface area contributed by atoms with Crippen molar-refractivity contribution in [1.29, 1.82) is 0 Å². The fraction of sp³-hybridized carbons (Fsp3) is 0.385. The van der Waals surface area contributed by atoms with Crippen LogP contribution in [-0.4, -0.2) is 42.0 Å². The maximum absolute atomic E-state index is 12.4. The van der Waals surface area contributed by atoms with E-state index in [9.17, 15) is 9.59 Å². The molecule has 1 aliphatic rings. The predicted molar refractivity (Wildman–Crippen MR) is 86.6 cm³/mol. The van der Waals surface area contributed by atoms with Crippen LogP contribution in [0.3, 0.4) is 0 Å². The molecule has 0 aliphatic carbocycles. The monoisotopic (exact) mass is 347 g/mol. The van der Waals surface area contributed by atoms with Crippen LogP contribution in [0.1, 0.15) is 6.42 Å². The van der Waals surface area contributed by atoms with E-state index in [1.807, 2.05) is 0 Å². The lowest BCUT2D eigenvalue weighted by Gasteiger charge is -2.17. The van der Waals surface area contributed by atoms with E-state index in [0.717, 1.165) is 0 Å². The number of halogens is 2. The van der Waals surface area contributed by atoms with Gasteiger partial charge in [0.15, 0.2) is 0 Å². The van der Waals surface area contributed by atoms with Crippen LogP contribution in [0.15, 0.2) is 18.2 Å². The van der Waals surface area contributed by atoms with Gasteiger partial charge in [-0.2, -0.15) is 0 Å². The molecule has 2 rings (SSSR count). The lowest BCUT2D eigenvalue weighted by atomic mass is 10.2. The van der Waals surface area contributed by atoms with Gasteiger partial charge in [0.2, 0.25) is 11.8 Å². The van der Waals surface area contributed by atoms with Gasteiger partial charge in [0.1, 0.15) is 0 Å². The van der Waals surface area contributed by atoms with Gasteiger partial charge >= 0.3 is 0 Å². The molecule has 0 aromatic heterocycles. The van der Waals surface area contributed by atoms with E-state index in [2.05, 4.69) is 5.43 Å². The molecular weight excluding hydrogens is 333 g/mol. The molecule has 1 fully saturated rings. The largest absolute Gasteiger partial charge is 0.302 e. The number of thioether (sulfide) groups is 1. The van der Waals surface area contributed by atoms with Gasteiger partial charge in [0.25, 0.3) is 0 Å². The second-order valence-electron chi connectivity index (χ2n) is 4.78. The maximum atomic E-state index is 12.4. The first-order valence-corrected chi connectivity index (χ1v) is 8.04. The molecule has 1 heterocycles. The summed E-state index contributed by atoms with van der Waals surface area (Å²) in [7, 11) is 3.45. The number of hydrogen-bond donors (Lipinski definition) is 1. The fourth-order valence-corrected chi connectivity index (χ4v) is 3.37. The molecule has 2 amide bonds. The van der Waals surface area contributed by atoms with Gasteiger partial charge in [-0.1, -0.05) is 23.2 Å². The molecule has 8 heteroatoms. The minimum atomic E-state index is -0.376. The van der Waals surface area contributed by atoms with Crippen LogP contribution in [0.4, 0.5) is 5.69 Å².